The first-order valence-corrected chi connectivity index (χ1v) is 6.41. The van der Waals surface area contributed by atoms with Gasteiger partial charge in [0.15, 0.2) is 6.61 Å². The van der Waals surface area contributed by atoms with Crippen molar-refractivity contribution in [3.05, 3.63) is 29.8 Å². The van der Waals surface area contributed by atoms with E-state index < -0.39 is 24.5 Å². The lowest BCUT2D eigenvalue weighted by Gasteiger charge is -2.07. The highest BCUT2D eigenvalue weighted by atomic mass is 16.5. The van der Waals surface area contributed by atoms with E-state index in [1.165, 1.54) is 7.11 Å². The first-order chi connectivity index (χ1) is 10.0. The fourth-order valence-electron chi connectivity index (χ4n) is 1.51. The van der Waals surface area contributed by atoms with Crippen LogP contribution in [0.5, 0.6) is 5.75 Å². The summed E-state index contributed by atoms with van der Waals surface area (Å²) in [7, 11) is 1.53. The molecule has 114 valence electrons. The number of ether oxygens (including phenoxy) is 2. The van der Waals surface area contributed by atoms with E-state index >= 15 is 0 Å². The molecule has 0 saturated heterocycles. The number of imide groups is 1. The number of amides is 3. The summed E-state index contributed by atoms with van der Waals surface area (Å²) in [5.74, 6) is -0.608. The molecule has 0 spiro atoms. The molecule has 0 radical (unpaired) electrons. The molecule has 0 aliphatic carbocycles. The van der Waals surface area contributed by atoms with E-state index in [9.17, 15) is 14.4 Å². The Hall–Kier alpha value is -2.57. The standard InChI is InChI=1S/C14H18N2O5/c1-3-15-14(19)16-12(17)9-21-13(18)8-10-5-4-6-11(7-10)20-2/h4-7H,3,8-9H2,1-2H3,(H2,15,16,17,19). The highest BCUT2D eigenvalue weighted by Gasteiger charge is 2.11. The normalized spacial score (nSPS) is 9.62. The number of rotatable bonds is 6. The minimum atomic E-state index is -0.681. The van der Waals surface area contributed by atoms with Gasteiger partial charge >= 0.3 is 12.0 Å². The summed E-state index contributed by atoms with van der Waals surface area (Å²) in [6, 6.07) is 6.35. The van der Waals surface area contributed by atoms with Gasteiger partial charge in [0.05, 0.1) is 13.5 Å². The molecule has 0 aliphatic heterocycles. The molecule has 0 bridgehead atoms. The summed E-state index contributed by atoms with van der Waals surface area (Å²) < 4.78 is 9.83. The van der Waals surface area contributed by atoms with Gasteiger partial charge in [-0.2, -0.15) is 0 Å². The van der Waals surface area contributed by atoms with Gasteiger partial charge in [0.1, 0.15) is 5.75 Å². The molecule has 0 unspecified atom stereocenters. The Morgan fingerprint density at radius 3 is 2.67 bits per heavy atom. The van der Waals surface area contributed by atoms with Gasteiger partial charge in [0, 0.05) is 6.54 Å². The molecular formula is C14H18N2O5. The maximum atomic E-state index is 11.6. The zero-order chi connectivity index (χ0) is 15.7. The number of carbonyl (C=O) groups is 3. The van der Waals surface area contributed by atoms with Gasteiger partial charge in [0.2, 0.25) is 0 Å². The van der Waals surface area contributed by atoms with Crippen LogP contribution in [0, 0.1) is 0 Å². The molecule has 3 amide bonds. The molecule has 0 heterocycles. The number of esters is 1. The van der Waals surface area contributed by atoms with Crippen molar-refractivity contribution in [2.24, 2.45) is 0 Å². The number of carbonyl (C=O) groups excluding carboxylic acids is 3. The largest absolute Gasteiger partial charge is 0.497 e. The highest BCUT2D eigenvalue weighted by Crippen LogP contribution is 2.13. The van der Waals surface area contributed by atoms with Crippen LogP contribution in [0.15, 0.2) is 24.3 Å². The minimum Gasteiger partial charge on any atom is -0.497 e. The molecule has 7 heteroatoms. The molecule has 0 saturated carbocycles. The summed E-state index contributed by atoms with van der Waals surface area (Å²) in [5.41, 5.74) is 0.712. The Morgan fingerprint density at radius 2 is 2.00 bits per heavy atom. The first-order valence-electron chi connectivity index (χ1n) is 6.41. The fourth-order valence-corrected chi connectivity index (χ4v) is 1.51. The Kier molecular flexibility index (Phi) is 6.73. The van der Waals surface area contributed by atoms with Crippen LogP contribution in [-0.2, 0) is 20.7 Å². The molecular weight excluding hydrogens is 276 g/mol. The van der Waals surface area contributed by atoms with Crippen LogP contribution in [0.4, 0.5) is 4.79 Å². The predicted molar refractivity (Wildman–Crippen MR) is 74.9 cm³/mol. The third-order valence-corrected chi connectivity index (χ3v) is 2.44. The summed E-state index contributed by atoms with van der Waals surface area (Å²) >= 11 is 0. The third-order valence-electron chi connectivity index (χ3n) is 2.44. The van der Waals surface area contributed by atoms with Gasteiger partial charge in [-0.3, -0.25) is 14.9 Å². The maximum Gasteiger partial charge on any atom is 0.321 e. The van der Waals surface area contributed by atoms with Gasteiger partial charge in [0.25, 0.3) is 5.91 Å². The second-order valence-corrected chi connectivity index (χ2v) is 4.10. The van der Waals surface area contributed by atoms with E-state index in [4.69, 9.17) is 9.47 Å². The Balaban J connectivity index is 2.36. The summed E-state index contributed by atoms with van der Waals surface area (Å²) in [6.45, 7) is 1.62. The molecule has 0 aliphatic rings. The lowest BCUT2D eigenvalue weighted by Crippen LogP contribution is -2.41. The van der Waals surface area contributed by atoms with Crippen LogP contribution in [0.1, 0.15) is 12.5 Å². The van der Waals surface area contributed by atoms with Gasteiger partial charge in [-0.15, -0.1) is 0 Å². The smallest absolute Gasteiger partial charge is 0.321 e. The zero-order valence-corrected chi connectivity index (χ0v) is 12.0. The van der Waals surface area contributed by atoms with Crippen LogP contribution in [0.2, 0.25) is 0 Å². The van der Waals surface area contributed by atoms with Crippen molar-refractivity contribution in [3.63, 3.8) is 0 Å². The molecule has 7 nitrogen and oxygen atoms in total. The Bertz CT molecular complexity index is 516. The Morgan fingerprint density at radius 1 is 1.24 bits per heavy atom. The van der Waals surface area contributed by atoms with E-state index in [0.29, 0.717) is 17.9 Å². The first kappa shape index (κ1) is 16.5. The lowest BCUT2D eigenvalue weighted by atomic mass is 10.1. The van der Waals surface area contributed by atoms with Crippen LogP contribution in [-0.4, -0.2) is 38.2 Å². The lowest BCUT2D eigenvalue weighted by molar-refractivity contribution is -0.147. The number of benzene rings is 1. The van der Waals surface area contributed by atoms with E-state index in [0.717, 1.165) is 0 Å². The molecule has 0 aromatic heterocycles. The third kappa shape index (κ3) is 6.42. The monoisotopic (exact) mass is 294 g/mol. The van der Waals surface area contributed by atoms with Gasteiger partial charge in [-0.25, -0.2) is 4.79 Å². The van der Waals surface area contributed by atoms with Crippen LogP contribution in [0.25, 0.3) is 0 Å². The molecule has 1 rings (SSSR count). The quantitative estimate of drug-likeness (QED) is 0.750. The highest BCUT2D eigenvalue weighted by molar-refractivity contribution is 5.95. The SMILES string of the molecule is CCNC(=O)NC(=O)COC(=O)Cc1cccc(OC)c1. The van der Waals surface area contributed by atoms with Crippen molar-refractivity contribution >= 4 is 17.9 Å². The number of hydrogen-bond donors (Lipinski definition) is 2. The zero-order valence-electron chi connectivity index (χ0n) is 12.0. The van der Waals surface area contributed by atoms with Crippen molar-refractivity contribution in [2.45, 2.75) is 13.3 Å². The minimum absolute atomic E-state index is 0.0195. The average molecular weight is 294 g/mol. The molecule has 1 aromatic carbocycles. The van der Waals surface area contributed by atoms with Crippen molar-refractivity contribution in [1.29, 1.82) is 0 Å². The predicted octanol–water partition coefficient (Wildman–Crippen LogP) is 0.627. The van der Waals surface area contributed by atoms with E-state index in [1.54, 1.807) is 31.2 Å². The number of urea groups is 1. The number of nitrogens with one attached hydrogen (secondary N) is 2. The second kappa shape index (κ2) is 8.57. The fraction of sp³-hybridized carbons (Fsp3) is 0.357. The Labute approximate surface area is 122 Å². The summed E-state index contributed by atoms with van der Waals surface area (Å²) in [4.78, 5) is 34.0. The molecule has 0 fully saturated rings. The van der Waals surface area contributed by atoms with E-state index in [2.05, 4.69) is 5.32 Å². The molecule has 0 atom stereocenters. The van der Waals surface area contributed by atoms with Crippen molar-refractivity contribution in [3.8, 4) is 5.75 Å². The number of hydrogen-bond acceptors (Lipinski definition) is 5. The molecule has 2 N–H and O–H groups in total. The summed E-state index contributed by atoms with van der Waals surface area (Å²) in [6.07, 6.45) is 0.0195. The second-order valence-electron chi connectivity index (χ2n) is 4.10. The van der Waals surface area contributed by atoms with Crippen molar-refractivity contribution < 1.29 is 23.9 Å². The van der Waals surface area contributed by atoms with Crippen LogP contribution < -0.4 is 15.4 Å². The van der Waals surface area contributed by atoms with Gasteiger partial charge in [-0.05, 0) is 24.6 Å². The topological polar surface area (TPSA) is 93.7 Å². The summed E-state index contributed by atoms with van der Waals surface area (Å²) in [5, 5.41) is 4.42. The number of methoxy groups -OCH3 is 1. The van der Waals surface area contributed by atoms with E-state index in [1.807, 2.05) is 5.32 Å². The van der Waals surface area contributed by atoms with Crippen LogP contribution >= 0.6 is 0 Å². The van der Waals surface area contributed by atoms with Crippen molar-refractivity contribution in [2.75, 3.05) is 20.3 Å². The van der Waals surface area contributed by atoms with Crippen molar-refractivity contribution in [1.82, 2.24) is 10.6 Å². The van der Waals surface area contributed by atoms with Gasteiger partial charge in [-0.1, -0.05) is 12.1 Å². The van der Waals surface area contributed by atoms with Gasteiger partial charge < -0.3 is 14.8 Å². The average Bonchev–Trinajstić information content (AvgIpc) is 2.45. The van der Waals surface area contributed by atoms with E-state index in [-0.39, 0.29) is 6.42 Å². The maximum absolute atomic E-state index is 11.6. The molecule has 1 aromatic rings. The van der Waals surface area contributed by atoms with Crippen LogP contribution in [0.3, 0.4) is 0 Å². The molecule has 21 heavy (non-hydrogen) atoms.